The largest absolute Gasteiger partial charge is 0.495 e. The predicted molar refractivity (Wildman–Crippen MR) is 115 cm³/mol. The summed E-state index contributed by atoms with van der Waals surface area (Å²) in [5.74, 6) is 0.209. The fraction of sp³-hybridized carbons (Fsp3) is 0.167. The average Bonchev–Trinajstić information content (AvgIpc) is 3.11. The highest BCUT2D eigenvalue weighted by molar-refractivity contribution is 5.92. The molecule has 6 heteroatoms. The van der Waals surface area contributed by atoms with Crippen LogP contribution in [0.4, 0.5) is 10.1 Å². The molecule has 2 heterocycles. The van der Waals surface area contributed by atoms with E-state index in [1.54, 1.807) is 19.2 Å². The normalized spacial score (nSPS) is 10.9. The van der Waals surface area contributed by atoms with Crippen LogP contribution in [0.5, 0.6) is 5.75 Å². The number of hydrogen-bond acceptors (Lipinski definition) is 3. The van der Waals surface area contributed by atoms with Crippen LogP contribution in [0.2, 0.25) is 0 Å². The molecule has 2 aromatic heterocycles. The third kappa shape index (κ3) is 4.03. The number of pyridine rings is 1. The van der Waals surface area contributed by atoms with Gasteiger partial charge in [0, 0.05) is 18.2 Å². The smallest absolute Gasteiger partial charge is 0.224 e. The van der Waals surface area contributed by atoms with Gasteiger partial charge >= 0.3 is 0 Å². The number of anilines is 1. The maximum Gasteiger partial charge on any atom is 0.224 e. The van der Waals surface area contributed by atoms with Crippen LogP contribution >= 0.6 is 0 Å². The highest BCUT2D eigenvalue weighted by Crippen LogP contribution is 2.27. The van der Waals surface area contributed by atoms with Gasteiger partial charge in [0.1, 0.15) is 17.2 Å². The Kier molecular flexibility index (Phi) is 5.48. The number of fused-ring (bicyclic) bond motifs is 1. The number of carbonyl (C=O) groups excluding carboxylic acids is 1. The summed E-state index contributed by atoms with van der Waals surface area (Å²) in [5, 5.41) is 2.94. The van der Waals surface area contributed by atoms with Crippen molar-refractivity contribution in [2.45, 2.75) is 19.8 Å². The van der Waals surface area contributed by atoms with Gasteiger partial charge in [-0.05, 0) is 67.4 Å². The lowest BCUT2D eigenvalue weighted by molar-refractivity contribution is -0.116. The Hall–Kier alpha value is -3.67. The number of nitrogens with one attached hydrogen (secondary N) is 1. The Morgan fingerprint density at radius 3 is 2.70 bits per heavy atom. The molecule has 0 aliphatic heterocycles. The van der Waals surface area contributed by atoms with Crippen LogP contribution in [0.25, 0.3) is 16.9 Å². The first-order chi connectivity index (χ1) is 14.5. The molecule has 0 spiro atoms. The summed E-state index contributed by atoms with van der Waals surface area (Å²) in [7, 11) is 1.58. The van der Waals surface area contributed by atoms with E-state index in [0.717, 1.165) is 28.2 Å². The van der Waals surface area contributed by atoms with Gasteiger partial charge in [0.25, 0.3) is 0 Å². The molecule has 1 N–H and O–H groups in total. The lowest BCUT2D eigenvalue weighted by Gasteiger charge is -2.11. The van der Waals surface area contributed by atoms with Crippen molar-refractivity contribution >= 4 is 17.2 Å². The number of hydrogen-bond donors (Lipinski definition) is 1. The summed E-state index contributed by atoms with van der Waals surface area (Å²) in [6.07, 6.45) is 2.68. The molecule has 0 saturated carbocycles. The van der Waals surface area contributed by atoms with Crippen LogP contribution in [0.3, 0.4) is 0 Å². The number of amides is 1. The average molecular weight is 403 g/mol. The molecule has 0 atom stereocenters. The molecule has 2 aromatic carbocycles. The van der Waals surface area contributed by atoms with Crippen molar-refractivity contribution < 1.29 is 13.9 Å². The van der Waals surface area contributed by atoms with Crippen LogP contribution in [0.15, 0.2) is 66.9 Å². The first-order valence-electron chi connectivity index (χ1n) is 9.71. The van der Waals surface area contributed by atoms with E-state index in [1.807, 2.05) is 53.9 Å². The number of nitrogens with zero attached hydrogens (tertiary/aromatic N) is 2. The van der Waals surface area contributed by atoms with Crippen molar-refractivity contribution in [2.24, 2.45) is 0 Å². The van der Waals surface area contributed by atoms with E-state index in [2.05, 4.69) is 5.32 Å². The highest BCUT2D eigenvalue weighted by atomic mass is 19.1. The Bertz CT molecular complexity index is 1200. The molecule has 0 bridgehead atoms. The van der Waals surface area contributed by atoms with Gasteiger partial charge in [-0.25, -0.2) is 9.37 Å². The molecule has 152 valence electrons. The third-order valence-corrected chi connectivity index (χ3v) is 4.96. The Labute approximate surface area is 174 Å². The van der Waals surface area contributed by atoms with Crippen molar-refractivity contribution in [1.82, 2.24) is 9.38 Å². The molecule has 0 fully saturated rings. The van der Waals surface area contributed by atoms with Crippen LogP contribution in [0.1, 0.15) is 17.7 Å². The minimum absolute atomic E-state index is 0.116. The molecular formula is C24H22FN3O2. The van der Waals surface area contributed by atoms with Crippen LogP contribution in [-0.4, -0.2) is 22.4 Å². The molecule has 4 aromatic rings. The Balaban J connectivity index is 1.59. The number of aromatic nitrogens is 2. The molecule has 0 aliphatic rings. The second-order valence-electron chi connectivity index (χ2n) is 7.09. The second-order valence-corrected chi connectivity index (χ2v) is 7.09. The van der Waals surface area contributed by atoms with E-state index in [9.17, 15) is 9.18 Å². The standard InChI is InChI=1S/C24H22FN3O2/c1-16-6-12-21(30-2)19(15-16)26-23(29)13-11-20-24(17-7-9-18(25)10-8-17)27-22-5-3-4-14-28(20)22/h3-10,12,14-15H,11,13H2,1-2H3,(H,26,29). The monoisotopic (exact) mass is 403 g/mol. The van der Waals surface area contributed by atoms with E-state index in [-0.39, 0.29) is 18.1 Å². The molecule has 0 aliphatic carbocycles. The van der Waals surface area contributed by atoms with Gasteiger partial charge in [0.2, 0.25) is 5.91 Å². The quantitative estimate of drug-likeness (QED) is 0.491. The van der Waals surface area contributed by atoms with E-state index in [4.69, 9.17) is 9.72 Å². The molecule has 0 unspecified atom stereocenters. The van der Waals surface area contributed by atoms with Crippen molar-refractivity contribution in [3.05, 3.63) is 83.9 Å². The molecule has 30 heavy (non-hydrogen) atoms. The summed E-state index contributed by atoms with van der Waals surface area (Å²) < 4.78 is 20.7. The SMILES string of the molecule is COc1ccc(C)cc1NC(=O)CCc1c(-c2ccc(F)cc2)nc2ccccn12. The maximum absolute atomic E-state index is 13.4. The van der Waals surface area contributed by atoms with Crippen molar-refractivity contribution in [3.8, 4) is 17.0 Å². The van der Waals surface area contributed by atoms with Crippen molar-refractivity contribution in [1.29, 1.82) is 0 Å². The number of imidazole rings is 1. The van der Waals surface area contributed by atoms with Gasteiger partial charge in [-0.2, -0.15) is 0 Å². The molecule has 4 rings (SSSR count). The van der Waals surface area contributed by atoms with Gasteiger partial charge in [0.15, 0.2) is 0 Å². The van der Waals surface area contributed by atoms with E-state index in [1.165, 1.54) is 12.1 Å². The lowest BCUT2D eigenvalue weighted by atomic mass is 10.1. The molecule has 0 saturated heterocycles. The van der Waals surface area contributed by atoms with Gasteiger partial charge in [-0.1, -0.05) is 12.1 Å². The number of carbonyl (C=O) groups is 1. The molecular weight excluding hydrogens is 381 g/mol. The Morgan fingerprint density at radius 1 is 1.13 bits per heavy atom. The maximum atomic E-state index is 13.4. The van der Waals surface area contributed by atoms with E-state index >= 15 is 0 Å². The number of benzene rings is 2. The third-order valence-electron chi connectivity index (χ3n) is 4.96. The minimum atomic E-state index is -0.296. The first-order valence-corrected chi connectivity index (χ1v) is 9.71. The van der Waals surface area contributed by atoms with Crippen molar-refractivity contribution in [3.63, 3.8) is 0 Å². The minimum Gasteiger partial charge on any atom is -0.495 e. The lowest BCUT2D eigenvalue weighted by Crippen LogP contribution is -2.14. The van der Waals surface area contributed by atoms with E-state index in [0.29, 0.717) is 17.9 Å². The first kappa shape index (κ1) is 19.6. The number of methoxy groups -OCH3 is 1. The Morgan fingerprint density at radius 2 is 1.93 bits per heavy atom. The zero-order valence-corrected chi connectivity index (χ0v) is 16.9. The summed E-state index contributed by atoms with van der Waals surface area (Å²) in [6, 6.07) is 17.6. The zero-order valence-electron chi connectivity index (χ0n) is 16.9. The fourth-order valence-corrected chi connectivity index (χ4v) is 3.49. The number of ether oxygens (including phenoxy) is 1. The summed E-state index contributed by atoms with van der Waals surface area (Å²) in [4.78, 5) is 17.4. The van der Waals surface area contributed by atoms with Gasteiger partial charge in [0.05, 0.1) is 24.2 Å². The number of aryl methyl sites for hydroxylation is 2. The van der Waals surface area contributed by atoms with Gasteiger partial charge in [-0.15, -0.1) is 0 Å². The second kappa shape index (κ2) is 8.37. The van der Waals surface area contributed by atoms with Crippen LogP contribution < -0.4 is 10.1 Å². The van der Waals surface area contributed by atoms with Gasteiger partial charge in [-0.3, -0.25) is 4.79 Å². The highest BCUT2D eigenvalue weighted by Gasteiger charge is 2.16. The van der Waals surface area contributed by atoms with Crippen molar-refractivity contribution in [2.75, 3.05) is 12.4 Å². The topological polar surface area (TPSA) is 55.6 Å². The van der Waals surface area contributed by atoms with Crippen LogP contribution in [-0.2, 0) is 11.2 Å². The number of halogens is 1. The van der Waals surface area contributed by atoms with E-state index < -0.39 is 0 Å². The zero-order chi connectivity index (χ0) is 21.1. The summed E-state index contributed by atoms with van der Waals surface area (Å²) in [6.45, 7) is 1.96. The summed E-state index contributed by atoms with van der Waals surface area (Å²) in [5.41, 5.74) is 4.94. The fourth-order valence-electron chi connectivity index (χ4n) is 3.49. The molecule has 1 amide bonds. The number of rotatable bonds is 6. The predicted octanol–water partition coefficient (Wildman–Crippen LogP) is 5.03. The summed E-state index contributed by atoms with van der Waals surface area (Å²) >= 11 is 0. The molecule has 5 nitrogen and oxygen atoms in total. The van der Waals surface area contributed by atoms with Gasteiger partial charge < -0.3 is 14.5 Å². The van der Waals surface area contributed by atoms with Crippen LogP contribution in [0, 0.1) is 12.7 Å². The molecule has 0 radical (unpaired) electrons.